The van der Waals surface area contributed by atoms with Crippen molar-refractivity contribution in [3.05, 3.63) is 0 Å². The van der Waals surface area contributed by atoms with Crippen LogP contribution in [0.4, 0.5) is 0 Å². The maximum absolute atomic E-state index is 13.4. The first-order valence-electron chi connectivity index (χ1n) is 13.3. The van der Waals surface area contributed by atoms with E-state index in [4.69, 9.17) is 9.47 Å². The number of carbonyl (C=O) groups excluding carboxylic acids is 1. The van der Waals surface area contributed by atoms with E-state index in [-0.39, 0.29) is 22.9 Å². The predicted molar refractivity (Wildman–Crippen MR) is 120 cm³/mol. The zero-order valence-electron chi connectivity index (χ0n) is 20.3. The van der Waals surface area contributed by atoms with Gasteiger partial charge in [0.15, 0.2) is 5.79 Å². The summed E-state index contributed by atoms with van der Waals surface area (Å²) < 4.78 is 13.2. The Morgan fingerprint density at radius 2 is 1.75 bits per heavy atom. The number of hydrogen-bond donors (Lipinski definition) is 2. The van der Waals surface area contributed by atoms with Gasteiger partial charge in [-0.25, -0.2) is 0 Å². The molecule has 6 aliphatic rings. The molecule has 2 aliphatic heterocycles. The van der Waals surface area contributed by atoms with Gasteiger partial charge < -0.3 is 19.7 Å². The first-order chi connectivity index (χ1) is 15.1. The fourth-order valence-corrected chi connectivity index (χ4v) is 10.1. The molecule has 5 nitrogen and oxygen atoms in total. The molecule has 0 aromatic heterocycles. The maximum atomic E-state index is 13.4. The number of fused-ring (bicyclic) bond motifs is 7. The van der Waals surface area contributed by atoms with Crippen molar-refractivity contribution in [1.29, 1.82) is 0 Å². The van der Waals surface area contributed by atoms with Crippen molar-refractivity contribution in [3.63, 3.8) is 0 Å². The van der Waals surface area contributed by atoms with Crippen LogP contribution in [0.2, 0.25) is 0 Å². The van der Waals surface area contributed by atoms with Crippen molar-refractivity contribution >= 4 is 5.78 Å². The Hall–Kier alpha value is -0.490. The number of aliphatic hydroxyl groups excluding tert-OH is 2. The number of carbonyl (C=O) groups is 1. The number of aliphatic hydroxyl groups is 2. The van der Waals surface area contributed by atoms with E-state index >= 15 is 0 Å². The van der Waals surface area contributed by atoms with Crippen molar-refractivity contribution < 1.29 is 24.5 Å². The molecule has 2 saturated heterocycles. The second-order valence-electron chi connectivity index (χ2n) is 13.2. The largest absolute Gasteiger partial charge is 0.390 e. The molecule has 4 aliphatic carbocycles. The average Bonchev–Trinajstić information content (AvgIpc) is 3.18. The molecule has 1 spiro atoms. The Balaban J connectivity index is 1.29. The van der Waals surface area contributed by atoms with Gasteiger partial charge in [-0.05, 0) is 78.9 Å². The average molecular weight is 447 g/mol. The summed E-state index contributed by atoms with van der Waals surface area (Å²) in [6, 6.07) is 0. The van der Waals surface area contributed by atoms with Crippen molar-refractivity contribution in [3.8, 4) is 0 Å². The quantitative estimate of drug-likeness (QED) is 0.589. The lowest BCUT2D eigenvalue weighted by molar-refractivity contribution is -0.273. The summed E-state index contributed by atoms with van der Waals surface area (Å²) in [7, 11) is 0. The second-order valence-corrected chi connectivity index (χ2v) is 13.2. The molecule has 0 aromatic carbocycles. The monoisotopic (exact) mass is 446 g/mol. The van der Waals surface area contributed by atoms with Crippen LogP contribution in [0.25, 0.3) is 0 Å². The van der Waals surface area contributed by atoms with Gasteiger partial charge in [-0.2, -0.15) is 0 Å². The van der Waals surface area contributed by atoms with E-state index in [1.807, 2.05) is 0 Å². The van der Waals surface area contributed by atoms with Crippen LogP contribution in [-0.4, -0.2) is 46.7 Å². The minimum Gasteiger partial charge on any atom is -0.390 e. The molecular formula is C27H42O5. The van der Waals surface area contributed by atoms with Gasteiger partial charge in [0, 0.05) is 24.7 Å². The van der Waals surface area contributed by atoms with Crippen LogP contribution >= 0.6 is 0 Å². The van der Waals surface area contributed by atoms with Crippen LogP contribution in [-0.2, 0) is 14.3 Å². The Kier molecular flexibility index (Phi) is 4.83. The molecule has 0 unspecified atom stereocenters. The van der Waals surface area contributed by atoms with Crippen molar-refractivity contribution in [2.45, 2.75) is 103 Å². The number of ketones is 1. The molecule has 180 valence electrons. The molecule has 5 heteroatoms. The zero-order valence-corrected chi connectivity index (χ0v) is 20.3. The summed E-state index contributed by atoms with van der Waals surface area (Å²) in [5.41, 5.74) is 0.00540. The van der Waals surface area contributed by atoms with E-state index in [1.165, 1.54) is 12.8 Å². The summed E-state index contributed by atoms with van der Waals surface area (Å²) >= 11 is 0. The topological polar surface area (TPSA) is 76.0 Å². The molecule has 6 rings (SSSR count). The van der Waals surface area contributed by atoms with Crippen molar-refractivity contribution in [2.24, 2.45) is 52.3 Å². The van der Waals surface area contributed by atoms with Crippen LogP contribution in [0.5, 0.6) is 0 Å². The first-order valence-corrected chi connectivity index (χ1v) is 13.3. The van der Waals surface area contributed by atoms with Crippen LogP contribution < -0.4 is 0 Å². The molecule has 2 N–H and O–H groups in total. The van der Waals surface area contributed by atoms with Gasteiger partial charge in [0.1, 0.15) is 5.78 Å². The van der Waals surface area contributed by atoms with Crippen LogP contribution in [0.15, 0.2) is 0 Å². The van der Waals surface area contributed by atoms with Gasteiger partial charge in [0.25, 0.3) is 0 Å². The third-order valence-electron chi connectivity index (χ3n) is 11.7. The lowest BCUT2D eigenvalue weighted by Gasteiger charge is -2.61. The number of hydrogen-bond acceptors (Lipinski definition) is 5. The molecule has 2 heterocycles. The third kappa shape index (κ3) is 2.74. The van der Waals surface area contributed by atoms with E-state index in [0.29, 0.717) is 60.6 Å². The molecule has 13 atom stereocenters. The van der Waals surface area contributed by atoms with Crippen LogP contribution in [0, 0.1) is 52.3 Å². The summed E-state index contributed by atoms with van der Waals surface area (Å²) in [6.45, 7) is 10.2. The number of ether oxygens (including phenoxy) is 2. The van der Waals surface area contributed by atoms with Crippen LogP contribution in [0.1, 0.15) is 79.1 Å². The Labute approximate surface area is 192 Å². The minimum atomic E-state index is -0.753. The summed E-state index contributed by atoms with van der Waals surface area (Å²) in [4.78, 5) is 13.4. The van der Waals surface area contributed by atoms with Gasteiger partial charge in [0.2, 0.25) is 0 Å². The first kappa shape index (κ1) is 22.0. The summed E-state index contributed by atoms with van der Waals surface area (Å²) in [6.07, 6.45) is 5.97. The Morgan fingerprint density at radius 3 is 2.47 bits per heavy atom. The second kappa shape index (κ2) is 7.02. The maximum Gasteiger partial charge on any atom is 0.171 e. The highest BCUT2D eigenvalue weighted by Gasteiger charge is 2.70. The van der Waals surface area contributed by atoms with E-state index in [9.17, 15) is 15.0 Å². The molecule has 0 bridgehead atoms. The van der Waals surface area contributed by atoms with Crippen LogP contribution in [0.3, 0.4) is 0 Å². The van der Waals surface area contributed by atoms with E-state index in [0.717, 1.165) is 25.9 Å². The number of Topliss-reactive ketones (excluding diaryl/α,β-unsaturated/α-hetero) is 1. The fourth-order valence-electron chi connectivity index (χ4n) is 10.1. The SMILES string of the molecule is C[C@H]1CC[C@]2(OC1)O[C@H]1C[C@H]3[C@@H]4CC(=O)[C@H]5C[C@H](O)[C@H](O)C[C@@]5(C)[C@H]4CC[C@@]3(C)[C@H]1[C@@H]2C. The summed E-state index contributed by atoms with van der Waals surface area (Å²) in [5.74, 6) is 2.69. The van der Waals surface area contributed by atoms with Crippen molar-refractivity contribution in [1.82, 2.24) is 0 Å². The summed E-state index contributed by atoms with van der Waals surface area (Å²) in [5, 5.41) is 20.8. The molecule has 6 fully saturated rings. The van der Waals surface area contributed by atoms with E-state index in [1.54, 1.807) is 0 Å². The van der Waals surface area contributed by atoms with Gasteiger partial charge >= 0.3 is 0 Å². The van der Waals surface area contributed by atoms with E-state index in [2.05, 4.69) is 27.7 Å². The lowest BCUT2D eigenvalue weighted by Crippen LogP contribution is -2.59. The Bertz CT molecular complexity index is 789. The molecule has 0 amide bonds. The standard InChI is InChI=1S/C27H42O5/c1-14-5-8-27(31-13-14)15(2)24-23(32-27)11-18-16-9-20(28)19-10-21(29)22(30)12-26(19,4)17(16)6-7-25(18,24)3/h14-19,21-24,29-30H,5-13H2,1-4H3/t14-,15-,16+,17-,18-,19+,21-,22+,23-,24-,25+,26-,27-/m0/s1. The van der Waals surface area contributed by atoms with Gasteiger partial charge in [-0.3, -0.25) is 4.79 Å². The smallest absolute Gasteiger partial charge is 0.171 e. The van der Waals surface area contributed by atoms with Gasteiger partial charge in [-0.15, -0.1) is 0 Å². The van der Waals surface area contributed by atoms with Gasteiger partial charge in [0.05, 0.1) is 24.9 Å². The highest BCUT2D eigenvalue weighted by atomic mass is 16.7. The lowest BCUT2D eigenvalue weighted by atomic mass is 9.44. The number of rotatable bonds is 0. The normalized spacial score (nSPS) is 61.8. The molecule has 0 radical (unpaired) electrons. The van der Waals surface area contributed by atoms with Gasteiger partial charge in [-0.1, -0.05) is 27.7 Å². The molecular weight excluding hydrogens is 404 g/mol. The highest BCUT2D eigenvalue weighted by molar-refractivity contribution is 5.83. The molecule has 32 heavy (non-hydrogen) atoms. The highest BCUT2D eigenvalue weighted by Crippen LogP contribution is 2.71. The predicted octanol–water partition coefficient (Wildman–Crippen LogP) is 3.94. The molecule has 0 aromatic rings. The Morgan fingerprint density at radius 1 is 0.969 bits per heavy atom. The third-order valence-corrected chi connectivity index (χ3v) is 11.7. The minimum absolute atomic E-state index is 0.0940. The van der Waals surface area contributed by atoms with E-state index < -0.39 is 18.0 Å². The zero-order chi connectivity index (χ0) is 22.6. The van der Waals surface area contributed by atoms with Crippen molar-refractivity contribution in [2.75, 3.05) is 6.61 Å². The fraction of sp³-hybridized carbons (Fsp3) is 0.963. The molecule has 4 saturated carbocycles.